The van der Waals surface area contributed by atoms with Crippen LogP contribution in [0.1, 0.15) is 47.0 Å². The highest BCUT2D eigenvalue weighted by molar-refractivity contribution is 5.74. The zero-order valence-electron chi connectivity index (χ0n) is 17.5. The number of carboxylic acid groups (broad SMARTS) is 1. The molecule has 2 amide bonds. The van der Waals surface area contributed by atoms with Gasteiger partial charge in [-0.15, -0.1) is 0 Å². The molecule has 7 nitrogen and oxygen atoms in total. The van der Waals surface area contributed by atoms with Crippen LogP contribution in [0.15, 0.2) is 0 Å². The second kappa shape index (κ2) is 10.3. The second-order valence-electron chi connectivity index (χ2n) is 8.69. The summed E-state index contributed by atoms with van der Waals surface area (Å²) in [6.07, 6.45) is 2.97. The number of nitrogens with zero attached hydrogens (tertiary/aromatic N) is 3. The van der Waals surface area contributed by atoms with Crippen LogP contribution in [-0.2, 0) is 4.79 Å². The molecule has 0 aromatic heterocycles. The molecular weight excluding hydrogens is 344 g/mol. The fourth-order valence-electron chi connectivity index (χ4n) is 4.78. The van der Waals surface area contributed by atoms with E-state index in [2.05, 4.69) is 31.0 Å². The molecule has 2 heterocycles. The minimum absolute atomic E-state index is 0.0142. The first-order valence-electron chi connectivity index (χ1n) is 10.5. The number of amides is 2. The van der Waals surface area contributed by atoms with Crippen molar-refractivity contribution < 1.29 is 14.7 Å². The van der Waals surface area contributed by atoms with Crippen LogP contribution in [0.3, 0.4) is 0 Å². The summed E-state index contributed by atoms with van der Waals surface area (Å²) in [6.45, 7) is 14.0. The number of hydrogen-bond acceptors (Lipinski definition) is 4. The standard InChI is InChI=1S/C20H38N4O3/c1-5-23(14-19(25)26)18-6-8-24(9-7-18)20(27)21-17(4)13-22-11-15(2)10-16(3)12-22/h15-18H,5-14H2,1-4H3,(H,21,27)(H,25,26). The Balaban J connectivity index is 1.74. The monoisotopic (exact) mass is 382 g/mol. The molecule has 156 valence electrons. The van der Waals surface area contributed by atoms with E-state index in [9.17, 15) is 9.59 Å². The van der Waals surface area contributed by atoms with Crippen LogP contribution in [0.5, 0.6) is 0 Å². The first kappa shape index (κ1) is 22.0. The van der Waals surface area contributed by atoms with E-state index in [1.165, 1.54) is 6.42 Å². The van der Waals surface area contributed by atoms with Gasteiger partial charge in [0.1, 0.15) is 0 Å². The Labute approximate surface area is 164 Å². The maximum absolute atomic E-state index is 12.6. The molecule has 0 spiro atoms. The summed E-state index contributed by atoms with van der Waals surface area (Å²) in [6, 6.07) is 0.399. The molecule has 0 aromatic rings. The van der Waals surface area contributed by atoms with E-state index in [1.807, 2.05) is 16.7 Å². The second-order valence-corrected chi connectivity index (χ2v) is 8.69. The predicted molar refractivity (Wildman–Crippen MR) is 107 cm³/mol. The molecule has 3 atom stereocenters. The van der Waals surface area contributed by atoms with Crippen molar-refractivity contribution in [1.29, 1.82) is 0 Å². The molecule has 0 saturated carbocycles. The van der Waals surface area contributed by atoms with E-state index in [0.29, 0.717) is 13.1 Å². The fraction of sp³-hybridized carbons (Fsp3) is 0.900. The number of likely N-dealkylation sites (tertiary alicyclic amines) is 2. The molecule has 2 rings (SSSR count). The number of aliphatic carboxylic acids is 1. The summed E-state index contributed by atoms with van der Waals surface area (Å²) in [5.41, 5.74) is 0. The molecular formula is C20H38N4O3. The molecule has 0 radical (unpaired) electrons. The summed E-state index contributed by atoms with van der Waals surface area (Å²) in [5, 5.41) is 12.2. The third-order valence-electron chi connectivity index (χ3n) is 5.86. The molecule has 2 aliphatic rings. The van der Waals surface area contributed by atoms with Gasteiger partial charge >= 0.3 is 12.0 Å². The molecule has 0 aliphatic carbocycles. The summed E-state index contributed by atoms with van der Waals surface area (Å²) >= 11 is 0. The van der Waals surface area contributed by atoms with Crippen molar-refractivity contribution in [2.24, 2.45) is 11.8 Å². The lowest BCUT2D eigenvalue weighted by Gasteiger charge is -2.39. The Hall–Kier alpha value is -1.34. The zero-order valence-corrected chi connectivity index (χ0v) is 17.5. The van der Waals surface area contributed by atoms with Gasteiger partial charge in [-0.1, -0.05) is 20.8 Å². The lowest BCUT2D eigenvalue weighted by Crippen LogP contribution is -2.53. The Morgan fingerprint density at radius 3 is 2.30 bits per heavy atom. The van der Waals surface area contributed by atoms with Gasteiger partial charge in [0.15, 0.2) is 0 Å². The average Bonchev–Trinajstić information content (AvgIpc) is 2.58. The van der Waals surface area contributed by atoms with Crippen molar-refractivity contribution in [2.75, 3.05) is 45.8 Å². The highest BCUT2D eigenvalue weighted by Gasteiger charge is 2.28. The number of carbonyl (C=O) groups is 2. The smallest absolute Gasteiger partial charge is 0.317 e. The maximum atomic E-state index is 12.6. The third-order valence-corrected chi connectivity index (χ3v) is 5.86. The highest BCUT2D eigenvalue weighted by Crippen LogP contribution is 2.21. The van der Waals surface area contributed by atoms with E-state index in [0.717, 1.165) is 50.9 Å². The molecule has 0 bridgehead atoms. The molecule has 27 heavy (non-hydrogen) atoms. The molecule has 0 aromatic carbocycles. The molecule has 2 fully saturated rings. The van der Waals surface area contributed by atoms with E-state index < -0.39 is 5.97 Å². The molecule has 7 heteroatoms. The quantitative estimate of drug-likeness (QED) is 0.704. The third kappa shape index (κ3) is 6.96. The van der Waals surface area contributed by atoms with Crippen LogP contribution < -0.4 is 5.32 Å². The van der Waals surface area contributed by atoms with Crippen LogP contribution >= 0.6 is 0 Å². The maximum Gasteiger partial charge on any atom is 0.317 e. The van der Waals surface area contributed by atoms with Crippen LogP contribution in [0.25, 0.3) is 0 Å². The summed E-state index contributed by atoms with van der Waals surface area (Å²) in [4.78, 5) is 29.9. The Bertz CT molecular complexity index is 484. The lowest BCUT2D eigenvalue weighted by molar-refractivity contribution is -0.139. The summed E-state index contributed by atoms with van der Waals surface area (Å²) in [5.74, 6) is 0.665. The Morgan fingerprint density at radius 2 is 1.78 bits per heavy atom. The van der Waals surface area contributed by atoms with Gasteiger partial charge < -0.3 is 20.2 Å². The van der Waals surface area contributed by atoms with E-state index in [4.69, 9.17) is 5.11 Å². The van der Waals surface area contributed by atoms with Gasteiger partial charge in [0.25, 0.3) is 0 Å². The van der Waals surface area contributed by atoms with Crippen molar-refractivity contribution in [1.82, 2.24) is 20.0 Å². The fourth-order valence-corrected chi connectivity index (χ4v) is 4.78. The first-order valence-corrected chi connectivity index (χ1v) is 10.5. The molecule has 3 unspecified atom stereocenters. The van der Waals surface area contributed by atoms with Gasteiger partial charge in [0, 0.05) is 44.8 Å². The van der Waals surface area contributed by atoms with Crippen molar-refractivity contribution in [2.45, 2.75) is 59.0 Å². The number of rotatable bonds is 7. The van der Waals surface area contributed by atoms with Crippen LogP contribution in [0, 0.1) is 11.8 Å². The van der Waals surface area contributed by atoms with E-state index in [1.54, 1.807) is 0 Å². The Kier molecular flexibility index (Phi) is 8.35. The minimum atomic E-state index is -0.785. The number of urea groups is 1. The minimum Gasteiger partial charge on any atom is -0.480 e. The van der Waals surface area contributed by atoms with Gasteiger partial charge in [-0.05, 0) is 44.6 Å². The number of likely N-dealkylation sites (N-methyl/N-ethyl adjacent to an activating group) is 1. The number of carboxylic acids is 1. The normalized spacial score (nSPS) is 26.2. The van der Waals surface area contributed by atoms with Gasteiger partial charge in [-0.25, -0.2) is 4.79 Å². The van der Waals surface area contributed by atoms with Gasteiger partial charge in [0.05, 0.1) is 6.54 Å². The number of hydrogen-bond donors (Lipinski definition) is 2. The Morgan fingerprint density at radius 1 is 1.19 bits per heavy atom. The number of nitrogens with one attached hydrogen (secondary N) is 1. The molecule has 2 N–H and O–H groups in total. The topological polar surface area (TPSA) is 76.1 Å². The van der Waals surface area contributed by atoms with Crippen molar-refractivity contribution >= 4 is 12.0 Å². The van der Waals surface area contributed by atoms with Crippen LogP contribution in [-0.4, -0.2) is 89.7 Å². The highest BCUT2D eigenvalue weighted by atomic mass is 16.4. The van der Waals surface area contributed by atoms with Crippen molar-refractivity contribution in [3.05, 3.63) is 0 Å². The van der Waals surface area contributed by atoms with E-state index >= 15 is 0 Å². The van der Waals surface area contributed by atoms with E-state index in [-0.39, 0.29) is 24.7 Å². The predicted octanol–water partition coefficient (Wildman–Crippen LogP) is 1.93. The molecule has 2 aliphatic heterocycles. The van der Waals surface area contributed by atoms with Gasteiger partial charge in [-0.3, -0.25) is 9.69 Å². The van der Waals surface area contributed by atoms with Crippen LogP contribution in [0.4, 0.5) is 4.79 Å². The zero-order chi connectivity index (χ0) is 20.0. The van der Waals surface area contributed by atoms with Gasteiger partial charge in [0.2, 0.25) is 0 Å². The summed E-state index contributed by atoms with van der Waals surface area (Å²) < 4.78 is 0. The lowest BCUT2D eigenvalue weighted by atomic mass is 9.92. The number of carbonyl (C=O) groups excluding carboxylic acids is 1. The summed E-state index contributed by atoms with van der Waals surface area (Å²) in [7, 11) is 0. The SMILES string of the molecule is CCN(CC(=O)O)C1CCN(C(=O)NC(C)CN2CC(C)CC(C)C2)CC1. The number of piperidine rings is 2. The first-order chi connectivity index (χ1) is 12.8. The van der Waals surface area contributed by atoms with Gasteiger partial charge in [-0.2, -0.15) is 0 Å². The van der Waals surface area contributed by atoms with Crippen molar-refractivity contribution in [3.63, 3.8) is 0 Å². The largest absolute Gasteiger partial charge is 0.480 e. The molecule has 2 saturated heterocycles. The van der Waals surface area contributed by atoms with Crippen LogP contribution in [0.2, 0.25) is 0 Å². The average molecular weight is 383 g/mol. The van der Waals surface area contributed by atoms with Crippen molar-refractivity contribution in [3.8, 4) is 0 Å².